The van der Waals surface area contributed by atoms with Gasteiger partial charge in [0.15, 0.2) is 0 Å². The molecule has 1 aliphatic carbocycles. The molecular weight excluding hydrogens is 460 g/mol. The number of aromatic nitrogens is 7. The highest BCUT2D eigenvalue weighted by molar-refractivity contribution is 5.99. The Morgan fingerprint density at radius 1 is 1.00 bits per heavy atom. The predicted octanol–water partition coefficient (Wildman–Crippen LogP) is 6.39. The summed E-state index contributed by atoms with van der Waals surface area (Å²) >= 11 is 0. The van der Waals surface area contributed by atoms with Gasteiger partial charge < -0.3 is 14.9 Å². The quantitative estimate of drug-likeness (QED) is 0.253. The van der Waals surface area contributed by atoms with Crippen molar-refractivity contribution >= 4 is 27.5 Å². The number of benzene rings is 1. The molecule has 5 heterocycles. The molecule has 182 valence electrons. The van der Waals surface area contributed by atoms with E-state index in [2.05, 4.69) is 72.4 Å². The van der Waals surface area contributed by atoms with Crippen LogP contribution in [-0.2, 0) is 0 Å². The van der Waals surface area contributed by atoms with Crippen molar-refractivity contribution in [2.24, 2.45) is 5.92 Å². The van der Waals surface area contributed by atoms with Crippen LogP contribution in [0.3, 0.4) is 0 Å². The fraction of sp³-hybridized carbons (Fsp3) is 0.172. The lowest BCUT2D eigenvalue weighted by Crippen LogP contribution is -2.18. The Morgan fingerprint density at radius 2 is 1.89 bits per heavy atom. The van der Waals surface area contributed by atoms with Crippen LogP contribution in [0.1, 0.15) is 25.0 Å². The maximum absolute atomic E-state index is 4.66. The number of imidazole rings is 1. The number of allylic oxidation sites excluding steroid dienone is 1. The Bertz CT molecular complexity index is 1780. The number of nitrogens with zero attached hydrogens (tertiary/aromatic N) is 5. The number of aryl methyl sites for hydroxylation is 1. The lowest BCUT2D eigenvalue weighted by molar-refractivity contribution is 0.371. The Hall–Kier alpha value is -4.72. The van der Waals surface area contributed by atoms with Gasteiger partial charge in [0.05, 0.1) is 58.7 Å². The first-order valence-electron chi connectivity index (χ1n) is 12.5. The molecule has 0 amide bonds. The zero-order valence-corrected chi connectivity index (χ0v) is 20.5. The van der Waals surface area contributed by atoms with E-state index in [1.165, 1.54) is 19.3 Å². The van der Waals surface area contributed by atoms with Gasteiger partial charge in [-0.25, -0.2) is 4.98 Å². The van der Waals surface area contributed by atoms with Crippen LogP contribution >= 0.6 is 0 Å². The number of rotatable bonds is 6. The van der Waals surface area contributed by atoms with Crippen LogP contribution in [0.2, 0.25) is 0 Å². The van der Waals surface area contributed by atoms with Crippen LogP contribution in [0.25, 0.3) is 50.0 Å². The van der Waals surface area contributed by atoms with Crippen LogP contribution in [0.5, 0.6) is 0 Å². The molecule has 0 radical (unpaired) electrons. The Balaban J connectivity index is 1.26. The van der Waals surface area contributed by atoms with E-state index in [-0.39, 0.29) is 0 Å². The van der Waals surface area contributed by atoms with Crippen LogP contribution in [-0.4, -0.2) is 34.7 Å². The van der Waals surface area contributed by atoms with Crippen LogP contribution in [0.4, 0.5) is 5.69 Å². The van der Waals surface area contributed by atoms with Gasteiger partial charge in [-0.1, -0.05) is 19.1 Å². The molecule has 0 bridgehead atoms. The molecule has 1 aliphatic rings. The second-order valence-electron chi connectivity index (χ2n) is 9.80. The number of pyridine rings is 2. The van der Waals surface area contributed by atoms with E-state index >= 15 is 0 Å². The summed E-state index contributed by atoms with van der Waals surface area (Å²) in [6, 6.07) is 10.6. The van der Waals surface area contributed by atoms with Crippen LogP contribution in [0, 0.1) is 12.8 Å². The minimum Gasteiger partial charge on any atom is -0.358 e. The van der Waals surface area contributed by atoms with Gasteiger partial charge in [-0.2, -0.15) is 5.10 Å². The Labute approximate surface area is 213 Å². The number of aromatic amines is 2. The monoisotopic (exact) mass is 486 g/mol. The molecule has 0 aliphatic heterocycles. The Kier molecular flexibility index (Phi) is 4.92. The van der Waals surface area contributed by atoms with Gasteiger partial charge in [-0.05, 0) is 55.5 Å². The normalized spacial score (nSPS) is 13.8. The molecule has 5 aromatic heterocycles. The molecule has 1 saturated carbocycles. The van der Waals surface area contributed by atoms with Crippen molar-refractivity contribution in [1.29, 1.82) is 0 Å². The van der Waals surface area contributed by atoms with Gasteiger partial charge in [-0.15, -0.1) is 0 Å². The van der Waals surface area contributed by atoms with Crippen LogP contribution < -0.4 is 5.32 Å². The van der Waals surface area contributed by atoms with Gasteiger partial charge in [0, 0.05) is 34.4 Å². The number of nitrogens with one attached hydrogen (secondary N) is 3. The zero-order valence-electron chi connectivity index (χ0n) is 20.5. The third kappa shape index (κ3) is 3.78. The molecule has 7 rings (SSSR count). The molecular formula is C29H26N8. The summed E-state index contributed by atoms with van der Waals surface area (Å²) in [6.07, 6.45) is 15.0. The second kappa shape index (κ2) is 8.44. The summed E-state index contributed by atoms with van der Waals surface area (Å²) in [5.41, 5.74) is 9.80. The van der Waals surface area contributed by atoms with Crippen molar-refractivity contribution in [2.45, 2.75) is 26.2 Å². The van der Waals surface area contributed by atoms with Crippen molar-refractivity contribution < 1.29 is 0 Å². The fourth-order valence-corrected chi connectivity index (χ4v) is 5.03. The highest BCUT2D eigenvalue weighted by Crippen LogP contribution is 2.35. The van der Waals surface area contributed by atoms with Gasteiger partial charge in [0.25, 0.3) is 0 Å². The molecule has 0 atom stereocenters. The molecule has 37 heavy (non-hydrogen) atoms. The molecule has 0 spiro atoms. The molecule has 3 N–H and O–H groups in total. The molecule has 6 aromatic rings. The second-order valence-corrected chi connectivity index (χ2v) is 9.80. The molecule has 8 nitrogen and oxygen atoms in total. The van der Waals surface area contributed by atoms with Gasteiger partial charge >= 0.3 is 0 Å². The fourth-order valence-electron chi connectivity index (χ4n) is 5.03. The van der Waals surface area contributed by atoms with E-state index in [1.807, 2.05) is 48.8 Å². The highest BCUT2D eigenvalue weighted by atomic mass is 15.1. The molecule has 0 saturated heterocycles. The summed E-state index contributed by atoms with van der Waals surface area (Å²) in [5, 5.41) is 13.4. The third-order valence-corrected chi connectivity index (χ3v) is 7.31. The van der Waals surface area contributed by atoms with Gasteiger partial charge in [0.1, 0.15) is 5.69 Å². The standard InChI is InChI=1S/C29H26N8/c1-17-15-37(16-32-17)28-14-31-13-27-23(28)10-26(34-27)29-24-9-20(6-7-25(24)35-36-29)21-8-22(12-30-11-21)33-18(2)19-4-3-5-19/h6-16,19,33-34H,2-5H2,1H3,(H,35,36). The summed E-state index contributed by atoms with van der Waals surface area (Å²) in [4.78, 5) is 16.8. The van der Waals surface area contributed by atoms with Crippen LogP contribution in [0.15, 0.2) is 79.9 Å². The first kappa shape index (κ1) is 21.6. The summed E-state index contributed by atoms with van der Waals surface area (Å²) in [5.74, 6) is 0.568. The van der Waals surface area contributed by atoms with E-state index in [0.29, 0.717) is 5.92 Å². The van der Waals surface area contributed by atoms with Gasteiger partial charge in [-0.3, -0.25) is 15.1 Å². The largest absolute Gasteiger partial charge is 0.358 e. The third-order valence-electron chi connectivity index (χ3n) is 7.31. The maximum atomic E-state index is 4.66. The summed E-state index contributed by atoms with van der Waals surface area (Å²) in [6.45, 7) is 6.21. The lowest BCUT2D eigenvalue weighted by Gasteiger charge is -2.28. The summed E-state index contributed by atoms with van der Waals surface area (Å²) < 4.78 is 2.00. The van der Waals surface area contributed by atoms with Crippen molar-refractivity contribution in [3.05, 3.63) is 85.6 Å². The lowest BCUT2D eigenvalue weighted by atomic mass is 9.83. The van der Waals surface area contributed by atoms with Crippen molar-refractivity contribution in [2.75, 3.05) is 5.32 Å². The molecule has 1 fully saturated rings. The maximum Gasteiger partial charge on any atom is 0.116 e. The number of hydrogen-bond acceptors (Lipinski definition) is 5. The predicted molar refractivity (Wildman–Crippen MR) is 146 cm³/mol. The number of fused-ring (bicyclic) bond motifs is 2. The van der Waals surface area contributed by atoms with Crippen molar-refractivity contribution in [1.82, 2.24) is 34.7 Å². The minimum atomic E-state index is 0.568. The van der Waals surface area contributed by atoms with E-state index in [9.17, 15) is 0 Å². The van der Waals surface area contributed by atoms with E-state index in [0.717, 1.165) is 67.1 Å². The molecule has 0 unspecified atom stereocenters. The average molecular weight is 487 g/mol. The molecule has 1 aromatic carbocycles. The number of H-pyrrole nitrogens is 2. The topological polar surface area (TPSA) is 100 Å². The smallest absolute Gasteiger partial charge is 0.116 e. The van der Waals surface area contributed by atoms with E-state index in [4.69, 9.17) is 0 Å². The molecule has 8 heteroatoms. The SMILES string of the molecule is C=C(Nc1cncc(-c2ccc3[nH]nc(-c4cc5c(-n6cnc(C)c6)cncc5[nH]4)c3c2)c1)C1CCC1. The zero-order chi connectivity index (χ0) is 24.9. The summed E-state index contributed by atoms with van der Waals surface area (Å²) in [7, 11) is 0. The Morgan fingerprint density at radius 3 is 2.70 bits per heavy atom. The average Bonchev–Trinajstić information content (AvgIpc) is 3.60. The first-order chi connectivity index (χ1) is 18.1. The number of hydrogen-bond donors (Lipinski definition) is 3. The van der Waals surface area contributed by atoms with E-state index < -0.39 is 0 Å². The highest BCUT2D eigenvalue weighted by Gasteiger charge is 2.20. The van der Waals surface area contributed by atoms with E-state index in [1.54, 1.807) is 0 Å². The van der Waals surface area contributed by atoms with Crippen molar-refractivity contribution in [3.8, 4) is 28.2 Å². The number of anilines is 1. The van der Waals surface area contributed by atoms with Crippen molar-refractivity contribution in [3.63, 3.8) is 0 Å². The minimum absolute atomic E-state index is 0.568. The van der Waals surface area contributed by atoms with Gasteiger partial charge in [0.2, 0.25) is 0 Å². The first-order valence-corrected chi connectivity index (χ1v) is 12.5.